The maximum Gasteiger partial charge on any atom is 0.132 e. The van der Waals surface area contributed by atoms with E-state index < -0.39 is 0 Å². The first-order valence-corrected chi connectivity index (χ1v) is 7.96. The van der Waals surface area contributed by atoms with E-state index in [1.54, 1.807) is 20.5 Å². The first-order valence-electron chi connectivity index (χ1n) is 7.96. The quantitative estimate of drug-likeness (QED) is 0.820. The molecule has 0 aliphatic carbocycles. The normalized spacial score (nSPS) is 17.5. The fourth-order valence-electron chi connectivity index (χ4n) is 3.09. The number of ether oxygens (including phenoxy) is 2. The van der Waals surface area contributed by atoms with Gasteiger partial charge >= 0.3 is 0 Å². The predicted octanol–water partition coefficient (Wildman–Crippen LogP) is 2.70. The predicted molar refractivity (Wildman–Crippen MR) is 89.8 cm³/mol. The maximum atomic E-state index is 5.21. The molecule has 0 amide bonds. The fraction of sp³-hybridized carbons (Fsp3) is 0.444. The molecule has 1 unspecified atom stereocenters. The Morgan fingerprint density at radius 1 is 1.17 bits per heavy atom. The second-order valence-corrected chi connectivity index (χ2v) is 5.95. The molecule has 2 heterocycles. The van der Waals surface area contributed by atoms with Crippen molar-refractivity contribution < 1.29 is 9.47 Å². The van der Waals surface area contributed by atoms with Crippen molar-refractivity contribution in [3.05, 3.63) is 47.9 Å². The van der Waals surface area contributed by atoms with Crippen LogP contribution in [0, 0.1) is 5.92 Å². The SMILES string of the molecule is COCc1cc(N2CCC(Cc3ccc(OC)cc3)C2)ncn1. The molecule has 1 aliphatic rings. The van der Waals surface area contributed by atoms with Gasteiger partial charge in [-0.3, -0.25) is 0 Å². The van der Waals surface area contributed by atoms with Crippen molar-refractivity contribution in [3.8, 4) is 5.75 Å². The molecule has 0 radical (unpaired) electrons. The van der Waals surface area contributed by atoms with Gasteiger partial charge in [0.15, 0.2) is 0 Å². The molecule has 5 heteroatoms. The Morgan fingerprint density at radius 3 is 2.74 bits per heavy atom. The third-order valence-electron chi connectivity index (χ3n) is 4.29. The Morgan fingerprint density at radius 2 is 2.00 bits per heavy atom. The largest absolute Gasteiger partial charge is 0.497 e. The first-order chi connectivity index (χ1) is 11.3. The molecule has 1 aromatic heterocycles. The van der Waals surface area contributed by atoms with Gasteiger partial charge in [-0.2, -0.15) is 0 Å². The molecule has 1 aliphatic heterocycles. The van der Waals surface area contributed by atoms with E-state index in [-0.39, 0.29) is 0 Å². The van der Waals surface area contributed by atoms with Gasteiger partial charge in [-0.1, -0.05) is 12.1 Å². The lowest BCUT2D eigenvalue weighted by molar-refractivity contribution is 0.181. The highest BCUT2D eigenvalue weighted by Crippen LogP contribution is 2.25. The van der Waals surface area contributed by atoms with E-state index in [0.717, 1.165) is 36.8 Å². The number of hydrogen-bond acceptors (Lipinski definition) is 5. The van der Waals surface area contributed by atoms with E-state index in [9.17, 15) is 0 Å². The number of benzene rings is 1. The molecule has 3 rings (SSSR count). The molecule has 23 heavy (non-hydrogen) atoms. The summed E-state index contributed by atoms with van der Waals surface area (Å²) in [4.78, 5) is 11.0. The van der Waals surface area contributed by atoms with Crippen LogP contribution in [-0.4, -0.2) is 37.3 Å². The van der Waals surface area contributed by atoms with Crippen molar-refractivity contribution in [1.82, 2.24) is 9.97 Å². The van der Waals surface area contributed by atoms with Crippen LogP contribution in [0.5, 0.6) is 5.75 Å². The number of aromatic nitrogens is 2. The molecular formula is C18H23N3O2. The highest BCUT2D eigenvalue weighted by atomic mass is 16.5. The molecule has 0 spiro atoms. The third kappa shape index (κ3) is 3.99. The van der Waals surface area contributed by atoms with Gasteiger partial charge in [-0.15, -0.1) is 0 Å². The molecule has 0 saturated carbocycles. The van der Waals surface area contributed by atoms with Crippen LogP contribution in [-0.2, 0) is 17.8 Å². The van der Waals surface area contributed by atoms with Gasteiger partial charge in [0, 0.05) is 26.3 Å². The van der Waals surface area contributed by atoms with Crippen LogP contribution in [0.1, 0.15) is 17.7 Å². The van der Waals surface area contributed by atoms with Gasteiger partial charge in [0.1, 0.15) is 17.9 Å². The summed E-state index contributed by atoms with van der Waals surface area (Å²) in [6.07, 6.45) is 3.91. The number of methoxy groups -OCH3 is 2. The molecule has 122 valence electrons. The summed E-state index contributed by atoms with van der Waals surface area (Å²) in [7, 11) is 3.38. The van der Waals surface area contributed by atoms with Crippen molar-refractivity contribution in [2.24, 2.45) is 5.92 Å². The van der Waals surface area contributed by atoms with Crippen molar-refractivity contribution >= 4 is 5.82 Å². The number of rotatable bonds is 6. The summed E-state index contributed by atoms with van der Waals surface area (Å²) in [5, 5.41) is 0. The first kappa shape index (κ1) is 15.7. The smallest absolute Gasteiger partial charge is 0.132 e. The highest BCUT2D eigenvalue weighted by Gasteiger charge is 2.24. The lowest BCUT2D eigenvalue weighted by Crippen LogP contribution is -2.21. The molecule has 0 N–H and O–H groups in total. The van der Waals surface area contributed by atoms with Crippen LogP contribution in [0.4, 0.5) is 5.82 Å². The third-order valence-corrected chi connectivity index (χ3v) is 4.29. The van der Waals surface area contributed by atoms with E-state index in [0.29, 0.717) is 12.5 Å². The summed E-state index contributed by atoms with van der Waals surface area (Å²) in [6.45, 7) is 2.61. The van der Waals surface area contributed by atoms with Crippen LogP contribution in [0.2, 0.25) is 0 Å². The molecular weight excluding hydrogens is 290 g/mol. The van der Waals surface area contributed by atoms with Gasteiger partial charge < -0.3 is 14.4 Å². The van der Waals surface area contributed by atoms with Crippen molar-refractivity contribution in [1.29, 1.82) is 0 Å². The van der Waals surface area contributed by atoms with Crippen LogP contribution in [0.3, 0.4) is 0 Å². The number of nitrogens with zero attached hydrogens (tertiary/aromatic N) is 3. The van der Waals surface area contributed by atoms with Crippen molar-refractivity contribution in [2.75, 3.05) is 32.2 Å². The molecule has 2 aromatic rings. The maximum absolute atomic E-state index is 5.21. The summed E-state index contributed by atoms with van der Waals surface area (Å²) < 4.78 is 10.4. The van der Waals surface area contributed by atoms with E-state index in [2.05, 4.69) is 27.0 Å². The minimum absolute atomic E-state index is 0.526. The van der Waals surface area contributed by atoms with Crippen LogP contribution in [0.25, 0.3) is 0 Å². The zero-order valence-corrected chi connectivity index (χ0v) is 13.7. The fourth-order valence-corrected chi connectivity index (χ4v) is 3.09. The summed E-state index contributed by atoms with van der Waals surface area (Å²) in [6, 6.07) is 10.4. The lowest BCUT2D eigenvalue weighted by Gasteiger charge is -2.18. The van der Waals surface area contributed by atoms with Gasteiger partial charge in [0.25, 0.3) is 0 Å². The van der Waals surface area contributed by atoms with Crippen LogP contribution < -0.4 is 9.64 Å². The molecule has 1 atom stereocenters. The monoisotopic (exact) mass is 313 g/mol. The number of hydrogen-bond donors (Lipinski definition) is 0. The Bertz CT molecular complexity index is 630. The molecule has 1 aromatic carbocycles. The van der Waals surface area contributed by atoms with Gasteiger partial charge in [-0.25, -0.2) is 9.97 Å². The Kier molecular flexibility index (Phi) is 5.08. The summed E-state index contributed by atoms with van der Waals surface area (Å²) >= 11 is 0. The average molecular weight is 313 g/mol. The number of anilines is 1. The molecule has 5 nitrogen and oxygen atoms in total. The highest BCUT2D eigenvalue weighted by molar-refractivity contribution is 5.40. The van der Waals surface area contributed by atoms with E-state index in [1.165, 1.54) is 12.0 Å². The van der Waals surface area contributed by atoms with Crippen molar-refractivity contribution in [2.45, 2.75) is 19.4 Å². The Hall–Kier alpha value is -2.14. The van der Waals surface area contributed by atoms with E-state index in [1.807, 2.05) is 18.2 Å². The molecule has 0 bridgehead atoms. The average Bonchev–Trinajstić information content (AvgIpc) is 3.05. The molecule has 1 saturated heterocycles. The summed E-state index contributed by atoms with van der Waals surface area (Å²) in [5.74, 6) is 2.57. The van der Waals surface area contributed by atoms with Crippen LogP contribution >= 0.6 is 0 Å². The van der Waals surface area contributed by atoms with E-state index >= 15 is 0 Å². The zero-order valence-electron chi connectivity index (χ0n) is 13.7. The minimum Gasteiger partial charge on any atom is -0.497 e. The molecule has 1 fully saturated rings. The second-order valence-electron chi connectivity index (χ2n) is 5.95. The Balaban J connectivity index is 1.60. The van der Waals surface area contributed by atoms with E-state index in [4.69, 9.17) is 9.47 Å². The van der Waals surface area contributed by atoms with Gasteiger partial charge in [0.2, 0.25) is 0 Å². The standard InChI is InChI=1S/C18H23N3O2/c1-22-12-16-10-18(20-13-19-16)21-8-7-15(11-21)9-14-3-5-17(23-2)6-4-14/h3-6,10,13,15H,7-9,11-12H2,1-2H3. The van der Waals surface area contributed by atoms with Gasteiger partial charge in [0.05, 0.1) is 19.4 Å². The Labute approximate surface area is 137 Å². The topological polar surface area (TPSA) is 47.5 Å². The van der Waals surface area contributed by atoms with Gasteiger partial charge in [-0.05, 0) is 36.5 Å². The summed E-state index contributed by atoms with van der Waals surface area (Å²) in [5.41, 5.74) is 2.29. The second kappa shape index (κ2) is 7.42. The lowest BCUT2D eigenvalue weighted by atomic mass is 9.99. The van der Waals surface area contributed by atoms with Crippen LogP contribution in [0.15, 0.2) is 36.7 Å². The van der Waals surface area contributed by atoms with Crippen molar-refractivity contribution in [3.63, 3.8) is 0 Å². The minimum atomic E-state index is 0.526. The zero-order chi connectivity index (χ0) is 16.1.